The maximum absolute atomic E-state index is 5.43. The second-order valence-electron chi connectivity index (χ2n) is 2.86. The summed E-state index contributed by atoms with van der Waals surface area (Å²) in [5.41, 5.74) is 7.48. The molecule has 0 saturated heterocycles. The van der Waals surface area contributed by atoms with Gasteiger partial charge in [0.05, 0.1) is 0 Å². The van der Waals surface area contributed by atoms with Gasteiger partial charge in [-0.2, -0.15) is 9.36 Å². The summed E-state index contributed by atoms with van der Waals surface area (Å²) in [5.74, 6) is 0.311. The van der Waals surface area contributed by atoms with E-state index in [0.29, 0.717) is 5.95 Å². The largest absolute Gasteiger partial charge is 0.367 e. The third kappa shape index (κ3) is 3.00. The molecule has 0 fully saturated rings. The van der Waals surface area contributed by atoms with Crippen molar-refractivity contribution in [2.45, 2.75) is 27.2 Å². The molecule has 0 aliphatic carbocycles. The number of anilines is 1. The molecule has 0 unspecified atom stereocenters. The van der Waals surface area contributed by atoms with E-state index in [1.807, 2.05) is 32.2 Å². The van der Waals surface area contributed by atoms with Crippen LogP contribution in [0.5, 0.6) is 0 Å². The van der Waals surface area contributed by atoms with E-state index in [9.17, 15) is 0 Å². The molecule has 0 spiro atoms. The lowest BCUT2D eigenvalue weighted by Gasteiger charge is -1.96. The van der Waals surface area contributed by atoms with Crippen molar-refractivity contribution in [2.75, 3.05) is 5.73 Å². The predicted molar refractivity (Wildman–Crippen MR) is 68.3 cm³/mol. The zero-order valence-corrected chi connectivity index (χ0v) is 10.6. The van der Waals surface area contributed by atoms with Gasteiger partial charge in [-0.15, -0.1) is 0 Å². The summed E-state index contributed by atoms with van der Waals surface area (Å²) < 4.78 is 3.90. The first-order valence-corrected chi connectivity index (χ1v) is 6.11. The van der Waals surface area contributed by atoms with Gasteiger partial charge in [0.25, 0.3) is 0 Å². The van der Waals surface area contributed by atoms with Gasteiger partial charge < -0.3 is 5.73 Å². The molecule has 0 amide bonds. The lowest BCUT2D eigenvalue weighted by atomic mass is 10.2. The number of hydrogen-bond donors (Lipinski definition) is 1. The molecule has 86 valence electrons. The number of nitrogens with two attached hydrogens (primary N) is 1. The van der Waals surface area contributed by atoms with Crippen LogP contribution in [0.3, 0.4) is 0 Å². The van der Waals surface area contributed by atoms with Crippen LogP contribution < -0.4 is 5.73 Å². The van der Waals surface area contributed by atoms with E-state index < -0.39 is 0 Å². The summed E-state index contributed by atoms with van der Waals surface area (Å²) in [4.78, 5) is 8.34. The Hall–Kier alpha value is -1.49. The van der Waals surface area contributed by atoms with Crippen molar-refractivity contribution < 1.29 is 0 Å². The van der Waals surface area contributed by atoms with Gasteiger partial charge in [0.15, 0.2) is 5.01 Å². The van der Waals surface area contributed by atoms with Crippen LogP contribution >= 0.6 is 11.5 Å². The molecular weight excluding hydrogens is 220 g/mol. The molecule has 2 rings (SSSR count). The molecule has 0 bridgehead atoms. The van der Waals surface area contributed by atoms with Crippen molar-refractivity contribution in [1.29, 1.82) is 0 Å². The van der Waals surface area contributed by atoms with Crippen molar-refractivity contribution in [3.8, 4) is 10.7 Å². The standard InChI is InChI=1S/C9H10N4S.C2H6/c1-2-6-3-4-7(11-5-6)8-12-9(10)13-14-8;1-2/h3-5H,2H2,1H3,(H2,10,13);1-2H3. The lowest BCUT2D eigenvalue weighted by Crippen LogP contribution is -1.88. The lowest BCUT2D eigenvalue weighted by molar-refractivity contribution is 1.10. The fraction of sp³-hybridized carbons (Fsp3) is 0.364. The summed E-state index contributed by atoms with van der Waals surface area (Å²) in [6, 6.07) is 3.98. The smallest absolute Gasteiger partial charge is 0.232 e. The van der Waals surface area contributed by atoms with E-state index in [0.717, 1.165) is 17.1 Å². The highest BCUT2D eigenvalue weighted by molar-refractivity contribution is 7.09. The Morgan fingerprint density at radius 1 is 1.31 bits per heavy atom. The molecule has 2 aromatic rings. The average Bonchev–Trinajstić information content (AvgIpc) is 2.79. The second kappa shape index (κ2) is 6.17. The van der Waals surface area contributed by atoms with Crippen LogP contribution in [-0.2, 0) is 6.42 Å². The number of nitrogen functional groups attached to an aromatic ring is 1. The van der Waals surface area contributed by atoms with Gasteiger partial charge in [-0.05, 0) is 29.6 Å². The van der Waals surface area contributed by atoms with Gasteiger partial charge in [-0.1, -0.05) is 26.8 Å². The van der Waals surface area contributed by atoms with Gasteiger partial charge in [0, 0.05) is 6.20 Å². The minimum Gasteiger partial charge on any atom is -0.367 e. The quantitative estimate of drug-likeness (QED) is 0.870. The Morgan fingerprint density at radius 3 is 2.50 bits per heavy atom. The first-order chi connectivity index (χ1) is 7.79. The van der Waals surface area contributed by atoms with Crippen LogP contribution in [0.25, 0.3) is 10.7 Å². The molecule has 2 N–H and O–H groups in total. The molecule has 0 aromatic carbocycles. The molecule has 0 atom stereocenters. The molecule has 0 saturated carbocycles. The van der Waals surface area contributed by atoms with Crippen LogP contribution in [0.1, 0.15) is 26.3 Å². The van der Waals surface area contributed by atoms with Crippen molar-refractivity contribution >= 4 is 17.5 Å². The monoisotopic (exact) mass is 236 g/mol. The molecule has 16 heavy (non-hydrogen) atoms. The van der Waals surface area contributed by atoms with E-state index in [1.54, 1.807) is 0 Å². The van der Waals surface area contributed by atoms with E-state index in [4.69, 9.17) is 5.73 Å². The number of nitrogens with zero attached hydrogens (tertiary/aromatic N) is 3. The zero-order valence-electron chi connectivity index (χ0n) is 9.77. The highest BCUT2D eigenvalue weighted by Crippen LogP contribution is 2.19. The Bertz CT molecular complexity index is 422. The zero-order chi connectivity index (χ0) is 12.0. The normalized spacial score (nSPS) is 9.44. The summed E-state index contributed by atoms with van der Waals surface area (Å²) >= 11 is 1.27. The van der Waals surface area contributed by atoms with Gasteiger partial charge in [-0.25, -0.2) is 0 Å². The summed E-state index contributed by atoms with van der Waals surface area (Å²) in [6.07, 6.45) is 2.85. The molecule has 4 nitrogen and oxygen atoms in total. The van der Waals surface area contributed by atoms with Crippen molar-refractivity contribution in [2.24, 2.45) is 0 Å². The maximum Gasteiger partial charge on any atom is 0.232 e. The number of pyridine rings is 1. The molecule has 5 heteroatoms. The SMILES string of the molecule is CC.CCc1ccc(-c2nc(N)ns2)nc1. The van der Waals surface area contributed by atoms with Crippen LogP contribution in [0.15, 0.2) is 18.3 Å². The van der Waals surface area contributed by atoms with Gasteiger partial charge in [-0.3, -0.25) is 4.98 Å². The number of aryl methyl sites for hydroxylation is 1. The van der Waals surface area contributed by atoms with Crippen molar-refractivity contribution in [3.63, 3.8) is 0 Å². The number of hydrogen-bond acceptors (Lipinski definition) is 5. The van der Waals surface area contributed by atoms with Crippen LogP contribution in [0.2, 0.25) is 0 Å². The Labute approximate surface area is 99.7 Å². The number of aromatic nitrogens is 3. The van der Waals surface area contributed by atoms with Crippen LogP contribution in [0, 0.1) is 0 Å². The minimum absolute atomic E-state index is 0.311. The van der Waals surface area contributed by atoms with Gasteiger partial charge in [0.1, 0.15) is 5.69 Å². The third-order valence-corrected chi connectivity index (χ3v) is 2.65. The van der Waals surface area contributed by atoms with Gasteiger partial charge >= 0.3 is 0 Å². The van der Waals surface area contributed by atoms with Crippen molar-refractivity contribution in [1.82, 2.24) is 14.3 Å². The van der Waals surface area contributed by atoms with E-state index in [-0.39, 0.29) is 0 Å². The Morgan fingerprint density at radius 2 is 2.06 bits per heavy atom. The predicted octanol–water partition coefficient (Wildman–Crippen LogP) is 2.77. The van der Waals surface area contributed by atoms with Crippen molar-refractivity contribution in [3.05, 3.63) is 23.9 Å². The fourth-order valence-electron chi connectivity index (χ4n) is 1.10. The van der Waals surface area contributed by atoms with Crippen LogP contribution in [0.4, 0.5) is 5.95 Å². The molecule has 0 aliphatic heterocycles. The summed E-state index contributed by atoms with van der Waals surface area (Å²) in [6.45, 7) is 6.10. The molecule has 0 aliphatic rings. The molecule has 2 heterocycles. The van der Waals surface area contributed by atoms with E-state index >= 15 is 0 Å². The van der Waals surface area contributed by atoms with Gasteiger partial charge in [0.2, 0.25) is 5.95 Å². The topological polar surface area (TPSA) is 64.7 Å². The highest BCUT2D eigenvalue weighted by Gasteiger charge is 2.04. The first-order valence-electron chi connectivity index (χ1n) is 5.34. The Balaban J connectivity index is 0.000000606. The summed E-state index contributed by atoms with van der Waals surface area (Å²) in [5, 5.41) is 0.769. The summed E-state index contributed by atoms with van der Waals surface area (Å²) in [7, 11) is 0. The average molecular weight is 236 g/mol. The van der Waals surface area contributed by atoms with Crippen LogP contribution in [-0.4, -0.2) is 14.3 Å². The van der Waals surface area contributed by atoms with E-state index in [2.05, 4.69) is 21.3 Å². The second-order valence-corrected chi connectivity index (χ2v) is 3.61. The molecule has 0 radical (unpaired) electrons. The number of rotatable bonds is 2. The Kier molecular flexibility index (Phi) is 4.85. The molecule has 2 aromatic heterocycles. The maximum atomic E-state index is 5.43. The third-order valence-electron chi connectivity index (χ3n) is 1.89. The molecular formula is C11H16N4S. The first kappa shape index (κ1) is 12.6. The van der Waals surface area contributed by atoms with E-state index in [1.165, 1.54) is 17.1 Å². The fourth-order valence-corrected chi connectivity index (χ4v) is 1.67. The highest BCUT2D eigenvalue weighted by atomic mass is 32.1. The minimum atomic E-state index is 0.311.